The topological polar surface area (TPSA) is 98.1 Å². The second-order valence-corrected chi connectivity index (χ2v) is 6.80. The molecule has 24 heavy (non-hydrogen) atoms. The number of amides is 2. The molecule has 0 aliphatic rings. The molecule has 0 unspecified atom stereocenters. The highest BCUT2D eigenvalue weighted by Gasteiger charge is 2.29. The zero-order valence-electron chi connectivity index (χ0n) is 15.3. The fourth-order valence-electron chi connectivity index (χ4n) is 2.20. The molecular weight excluding hydrogens is 310 g/mol. The van der Waals surface area contributed by atoms with Gasteiger partial charge in [0.15, 0.2) is 0 Å². The molecule has 0 radical (unpaired) electrons. The number of hydrogen-bond acceptors (Lipinski definition) is 5. The van der Waals surface area contributed by atoms with Gasteiger partial charge in [-0.1, -0.05) is 13.8 Å². The first-order valence-electron chi connectivity index (χ1n) is 8.30. The van der Waals surface area contributed by atoms with Crippen molar-refractivity contribution in [2.75, 3.05) is 6.54 Å². The third kappa shape index (κ3) is 6.97. The Kier molecular flexibility index (Phi) is 7.18. The third-order valence-electron chi connectivity index (χ3n) is 3.76. The highest BCUT2D eigenvalue weighted by Crippen LogP contribution is 2.15. The lowest BCUT2D eigenvalue weighted by Gasteiger charge is -2.33. The summed E-state index contributed by atoms with van der Waals surface area (Å²) in [5.41, 5.74) is -1.04. The Bertz CT molecular complexity index is 518. The Morgan fingerprint density at radius 2 is 1.88 bits per heavy atom. The van der Waals surface area contributed by atoms with E-state index in [9.17, 15) is 9.59 Å². The van der Waals surface area contributed by atoms with Crippen molar-refractivity contribution in [3.05, 3.63) is 12.7 Å². The van der Waals surface area contributed by atoms with Crippen LogP contribution in [0.3, 0.4) is 0 Å². The van der Waals surface area contributed by atoms with Crippen LogP contribution >= 0.6 is 0 Å². The van der Waals surface area contributed by atoms with E-state index in [4.69, 9.17) is 4.74 Å². The number of rotatable bonds is 8. The van der Waals surface area contributed by atoms with Crippen molar-refractivity contribution in [2.45, 2.75) is 71.6 Å². The SMILES string of the molecule is CCC(CC)(CNC(=O)OC(C)(C)C)NC(=O)CCn1cncn1. The predicted molar refractivity (Wildman–Crippen MR) is 90.3 cm³/mol. The van der Waals surface area contributed by atoms with E-state index in [1.165, 1.54) is 6.33 Å². The number of aromatic nitrogens is 3. The van der Waals surface area contributed by atoms with Gasteiger partial charge in [0.1, 0.15) is 18.3 Å². The van der Waals surface area contributed by atoms with E-state index in [1.54, 1.807) is 11.0 Å². The number of carbonyl (C=O) groups excluding carboxylic acids is 2. The summed E-state index contributed by atoms with van der Waals surface area (Å²) in [5, 5.41) is 9.76. The van der Waals surface area contributed by atoms with Crippen LogP contribution in [0.2, 0.25) is 0 Å². The van der Waals surface area contributed by atoms with Gasteiger partial charge in [0.25, 0.3) is 0 Å². The number of ether oxygens (including phenoxy) is 1. The fraction of sp³-hybridized carbons (Fsp3) is 0.750. The van der Waals surface area contributed by atoms with Crippen molar-refractivity contribution in [3.8, 4) is 0 Å². The second kappa shape index (κ2) is 8.65. The lowest BCUT2D eigenvalue weighted by Crippen LogP contribution is -2.55. The minimum atomic E-state index is -0.549. The first-order chi connectivity index (χ1) is 11.2. The van der Waals surface area contributed by atoms with Crippen molar-refractivity contribution < 1.29 is 14.3 Å². The Hall–Kier alpha value is -2.12. The maximum Gasteiger partial charge on any atom is 0.407 e. The van der Waals surface area contributed by atoms with Gasteiger partial charge in [-0.2, -0.15) is 5.10 Å². The van der Waals surface area contributed by atoms with E-state index < -0.39 is 17.2 Å². The lowest BCUT2D eigenvalue weighted by atomic mass is 9.92. The smallest absolute Gasteiger partial charge is 0.407 e. The molecule has 0 spiro atoms. The van der Waals surface area contributed by atoms with Crippen LogP contribution < -0.4 is 10.6 Å². The monoisotopic (exact) mass is 339 g/mol. The molecular formula is C16H29N5O3. The lowest BCUT2D eigenvalue weighted by molar-refractivity contribution is -0.123. The second-order valence-electron chi connectivity index (χ2n) is 6.80. The zero-order valence-corrected chi connectivity index (χ0v) is 15.3. The Morgan fingerprint density at radius 1 is 1.21 bits per heavy atom. The third-order valence-corrected chi connectivity index (χ3v) is 3.76. The molecule has 0 atom stereocenters. The summed E-state index contributed by atoms with van der Waals surface area (Å²) < 4.78 is 6.85. The Morgan fingerprint density at radius 3 is 2.38 bits per heavy atom. The quantitative estimate of drug-likeness (QED) is 0.753. The maximum absolute atomic E-state index is 12.2. The summed E-state index contributed by atoms with van der Waals surface area (Å²) in [7, 11) is 0. The standard InChI is InChI=1S/C16H29N5O3/c1-6-16(7-2,10-18-14(23)24-15(3,4)5)20-13(22)8-9-21-12-17-11-19-21/h11-12H,6-10H2,1-5H3,(H,18,23)(H,20,22). The number of hydrogen-bond donors (Lipinski definition) is 2. The molecule has 0 bridgehead atoms. The maximum atomic E-state index is 12.2. The first kappa shape index (κ1) is 19.9. The molecule has 2 amide bonds. The highest BCUT2D eigenvalue weighted by atomic mass is 16.6. The predicted octanol–water partition coefficient (Wildman–Crippen LogP) is 1.87. The van der Waals surface area contributed by atoms with Crippen LogP contribution in [0.1, 0.15) is 53.9 Å². The molecule has 0 aliphatic carbocycles. The van der Waals surface area contributed by atoms with Crippen LogP contribution in [0.5, 0.6) is 0 Å². The molecule has 1 heterocycles. The fourth-order valence-corrected chi connectivity index (χ4v) is 2.20. The van der Waals surface area contributed by atoms with Gasteiger partial charge in [-0.3, -0.25) is 9.48 Å². The molecule has 0 aliphatic heterocycles. The normalized spacial score (nSPS) is 11.9. The molecule has 0 aromatic carbocycles. The summed E-state index contributed by atoms with van der Waals surface area (Å²) >= 11 is 0. The number of alkyl carbamates (subject to hydrolysis) is 1. The van der Waals surface area contributed by atoms with Gasteiger partial charge in [0, 0.05) is 13.0 Å². The molecule has 0 saturated heterocycles. The minimum absolute atomic E-state index is 0.0832. The molecule has 8 nitrogen and oxygen atoms in total. The van der Waals surface area contributed by atoms with Crippen molar-refractivity contribution in [1.82, 2.24) is 25.4 Å². The minimum Gasteiger partial charge on any atom is -0.444 e. The number of nitrogens with zero attached hydrogens (tertiary/aromatic N) is 3. The number of aryl methyl sites for hydroxylation is 1. The van der Waals surface area contributed by atoms with E-state index in [0.29, 0.717) is 32.4 Å². The first-order valence-corrected chi connectivity index (χ1v) is 8.30. The van der Waals surface area contributed by atoms with Gasteiger partial charge in [-0.05, 0) is 33.6 Å². The van der Waals surface area contributed by atoms with E-state index in [2.05, 4.69) is 20.7 Å². The van der Waals surface area contributed by atoms with Gasteiger partial charge in [0.05, 0.1) is 12.1 Å². The Labute approximate surface area is 143 Å². The molecule has 0 fully saturated rings. The van der Waals surface area contributed by atoms with Crippen molar-refractivity contribution in [1.29, 1.82) is 0 Å². The van der Waals surface area contributed by atoms with Gasteiger partial charge >= 0.3 is 6.09 Å². The zero-order chi connectivity index (χ0) is 18.2. The van der Waals surface area contributed by atoms with E-state index in [-0.39, 0.29) is 5.91 Å². The molecule has 1 aromatic rings. The number of carbonyl (C=O) groups is 2. The van der Waals surface area contributed by atoms with Crippen LogP contribution in [-0.4, -0.2) is 44.4 Å². The molecule has 8 heteroatoms. The molecule has 136 valence electrons. The van der Waals surface area contributed by atoms with Crippen LogP contribution in [0.25, 0.3) is 0 Å². The summed E-state index contributed by atoms with van der Waals surface area (Å²) in [6, 6.07) is 0. The van der Waals surface area contributed by atoms with Gasteiger partial charge in [0.2, 0.25) is 5.91 Å². The molecule has 1 rings (SSSR count). The Balaban J connectivity index is 2.53. The van der Waals surface area contributed by atoms with Crippen LogP contribution in [0, 0.1) is 0 Å². The van der Waals surface area contributed by atoms with Crippen LogP contribution in [0.4, 0.5) is 4.79 Å². The van der Waals surface area contributed by atoms with E-state index >= 15 is 0 Å². The average Bonchev–Trinajstić information content (AvgIpc) is 3.01. The summed E-state index contributed by atoms with van der Waals surface area (Å²) in [5.74, 6) is -0.0832. The van der Waals surface area contributed by atoms with Crippen molar-refractivity contribution >= 4 is 12.0 Å². The summed E-state index contributed by atoms with van der Waals surface area (Å²) in [6.45, 7) is 10.2. The van der Waals surface area contributed by atoms with Crippen molar-refractivity contribution in [3.63, 3.8) is 0 Å². The molecule has 1 aromatic heterocycles. The summed E-state index contributed by atoms with van der Waals surface area (Å²) in [4.78, 5) is 27.9. The van der Waals surface area contributed by atoms with Gasteiger partial charge in [-0.25, -0.2) is 9.78 Å². The molecule has 0 saturated carbocycles. The van der Waals surface area contributed by atoms with E-state index in [0.717, 1.165) is 0 Å². The van der Waals surface area contributed by atoms with Crippen LogP contribution in [0.15, 0.2) is 12.7 Å². The van der Waals surface area contributed by atoms with Gasteiger partial charge < -0.3 is 15.4 Å². The largest absolute Gasteiger partial charge is 0.444 e. The highest BCUT2D eigenvalue weighted by molar-refractivity contribution is 5.77. The van der Waals surface area contributed by atoms with Gasteiger partial charge in [-0.15, -0.1) is 0 Å². The summed E-state index contributed by atoms with van der Waals surface area (Å²) in [6.07, 6.45) is 4.24. The number of nitrogens with one attached hydrogen (secondary N) is 2. The van der Waals surface area contributed by atoms with Crippen molar-refractivity contribution in [2.24, 2.45) is 0 Å². The van der Waals surface area contributed by atoms with E-state index in [1.807, 2.05) is 34.6 Å². The van der Waals surface area contributed by atoms with Crippen LogP contribution in [-0.2, 0) is 16.1 Å². The average molecular weight is 339 g/mol. The molecule has 2 N–H and O–H groups in total.